The number of ketones is 1. The summed E-state index contributed by atoms with van der Waals surface area (Å²) in [7, 11) is 0. The number of benzene rings is 1. The van der Waals surface area contributed by atoms with E-state index >= 15 is 0 Å². The molecule has 0 spiro atoms. The van der Waals surface area contributed by atoms with E-state index in [-0.39, 0.29) is 45.0 Å². The van der Waals surface area contributed by atoms with Crippen molar-refractivity contribution in [3.63, 3.8) is 0 Å². The molecule has 0 N–H and O–H groups in total. The van der Waals surface area contributed by atoms with Gasteiger partial charge in [-0.1, -0.05) is 73.8 Å². The average Bonchev–Trinajstić information content (AvgIpc) is 3.33. The smallest absolute Gasteiger partial charge is 0.330 e. The Morgan fingerprint density at radius 3 is 2.03 bits per heavy atom. The van der Waals surface area contributed by atoms with Crippen LogP contribution in [0.25, 0.3) is 0 Å². The highest BCUT2D eigenvalue weighted by molar-refractivity contribution is 9.12. The van der Waals surface area contributed by atoms with Crippen LogP contribution in [0.5, 0.6) is 0 Å². The Morgan fingerprint density at radius 1 is 1.03 bits per heavy atom. The van der Waals surface area contributed by atoms with E-state index in [4.69, 9.17) is 4.74 Å². The van der Waals surface area contributed by atoms with Gasteiger partial charge in [0.2, 0.25) is 11.8 Å². The largest absolute Gasteiger partial charge is 0.456 e. The summed E-state index contributed by atoms with van der Waals surface area (Å²) in [5.41, 5.74) is 0.420. The zero-order chi connectivity index (χ0) is 22.6. The molecule has 2 saturated carbocycles. The summed E-state index contributed by atoms with van der Waals surface area (Å²) in [5.74, 6) is -2.63. The molecule has 0 unspecified atom stereocenters. The van der Waals surface area contributed by atoms with Crippen LogP contribution in [0.3, 0.4) is 0 Å². The number of carbonyl (C=O) groups excluding carboxylic acids is 4. The molecule has 2 bridgehead atoms. The fourth-order valence-corrected chi connectivity index (χ4v) is 7.40. The zero-order valence-corrected chi connectivity index (χ0v) is 21.7. The van der Waals surface area contributed by atoms with Crippen LogP contribution in [0.2, 0.25) is 0 Å². The van der Waals surface area contributed by atoms with Crippen molar-refractivity contribution >= 4 is 71.4 Å². The first kappa shape index (κ1) is 23.1. The third-order valence-corrected chi connectivity index (χ3v) is 10.4. The van der Waals surface area contributed by atoms with E-state index in [9.17, 15) is 19.2 Å². The number of Topliss-reactive ketones (excluding diaryl/α,β-unsaturated/α-hetero) is 1. The number of nitrogens with zero attached hydrogens (tertiary/aromatic N) is 1. The summed E-state index contributed by atoms with van der Waals surface area (Å²) in [4.78, 5) is 53.2. The van der Waals surface area contributed by atoms with Crippen LogP contribution in [0.1, 0.15) is 30.6 Å². The normalized spacial score (nSPS) is 32.5. The van der Waals surface area contributed by atoms with E-state index in [1.54, 1.807) is 38.1 Å². The fraction of sp³-hybridized carbons (Fsp3) is 0.545. The van der Waals surface area contributed by atoms with E-state index in [1.165, 1.54) is 0 Å². The third-order valence-electron chi connectivity index (χ3n) is 6.68. The maximum absolute atomic E-state index is 13.3. The van der Waals surface area contributed by atoms with Gasteiger partial charge in [0, 0.05) is 19.7 Å². The molecule has 1 saturated heterocycles. The molecule has 6 nitrogen and oxygen atoms in total. The minimum absolute atomic E-state index is 0.0728. The molecule has 3 fully saturated rings. The Kier molecular flexibility index (Phi) is 6.49. The molecule has 1 aliphatic heterocycles. The van der Waals surface area contributed by atoms with Gasteiger partial charge in [-0.25, -0.2) is 4.79 Å². The summed E-state index contributed by atoms with van der Waals surface area (Å²) in [6, 6.07) is 5.70. The van der Waals surface area contributed by atoms with Crippen LogP contribution >= 0.6 is 47.8 Å². The summed E-state index contributed by atoms with van der Waals surface area (Å²) >= 11 is 10.6. The molecule has 1 aromatic rings. The number of alkyl halides is 2. The number of ether oxygens (including phenoxy) is 1. The molecular weight excluding hydrogens is 598 g/mol. The Bertz CT molecular complexity index is 902. The molecule has 2 aliphatic carbocycles. The Morgan fingerprint density at radius 2 is 1.55 bits per heavy atom. The zero-order valence-electron chi connectivity index (χ0n) is 17.0. The van der Waals surface area contributed by atoms with Crippen molar-refractivity contribution in [2.24, 2.45) is 29.6 Å². The number of fused-ring (bicyclic) bond motifs is 5. The molecular formula is C22H22Br3NO5. The average molecular weight is 620 g/mol. The molecule has 0 radical (unpaired) electrons. The van der Waals surface area contributed by atoms with Gasteiger partial charge in [0.15, 0.2) is 12.4 Å². The second-order valence-corrected chi connectivity index (χ2v) is 11.8. The molecule has 1 aromatic carbocycles. The van der Waals surface area contributed by atoms with E-state index in [1.807, 2.05) is 0 Å². The van der Waals surface area contributed by atoms with Gasteiger partial charge in [-0.15, -0.1) is 0 Å². The molecule has 4 rings (SSSR count). The predicted octanol–water partition coefficient (Wildman–Crippen LogP) is 3.98. The second kappa shape index (κ2) is 8.71. The molecule has 2 amide bonds. The van der Waals surface area contributed by atoms with E-state index in [0.29, 0.717) is 5.56 Å². The molecule has 31 heavy (non-hydrogen) atoms. The number of amides is 2. The van der Waals surface area contributed by atoms with Crippen LogP contribution in [-0.2, 0) is 19.1 Å². The van der Waals surface area contributed by atoms with Gasteiger partial charge in [0.05, 0.1) is 11.8 Å². The van der Waals surface area contributed by atoms with Crippen molar-refractivity contribution < 1.29 is 23.9 Å². The molecule has 166 valence electrons. The van der Waals surface area contributed by atoms with Crippen molar-refractivity contribution in [1.29, 1.82) is 0 Å². The van der Waals surface area contributed by atoms with Crippen molar-refractivity contribution in [3.8, 4) is 0 Å². The molecule has 7 atom stereocenters. The third kappa shape index (κ3) is 3.84. The summed E-state index contributed by atoms with van der Waals surface area (Å²) in [6.07, 6.45) is 0.824. The summed E-state index contributed by atoms with van der Waals surface area (Å²) in [5, 5.41) is 0. The van der Waals surface area contributed by atoms with Crippen molar-refractivity contribution in [3.05, 3.63) is 34.3 Å². The van der Waals surface area contributed by atoms with Crippen molar-refractivity contribution in [1.82, 2.24) is 4.90 Å². The van der Waals surface area contributed by atoms with E-state index in [0.717, 1.165) is 15.8 Å². The maximum Gasteiger partial charge on any atom is 0.330 e. The van der Waals surface area contributed by atoms with Gasteiger partial charge >= 0.3 is 5.97 Å². The van der Waals surface area contributed by atoms with Gasteiger partial charge in [-0.05, 0) is 36.3 Å². The van der Waals surface area contributed by atoms with Crippen LogP contribution in [0.4, 0.5) is 0 Å². The standard InChI is InChI=1S/C22H22Br3NO5/c1-9(2)19(22(30)31-8-14(27)10-3-5-11(23)6-4-10)26-20(28)15-12-7-13(16(15)21(26)29)18(25)17(12)24/h3-6,9,12-13,15-19H,7-8H2,1-2H3/t12-,13-,15-,16+,17+,18+,19-/m1/s1. The number of hydrogen-bond donors (Lipinski definition) is 0. The van der Waals surface area contributed by atoms with Gasteiger partial charge in [0.25, 0.3) is 0 Å². The van der Waals surface area contributed by atoms with Gasteiger partial charge in [-0.2, -0.15) is 0 Å². The minimum Gasteiger partial charge on any atom is -0.456 e. The Hall–Kier alpha value is -1.06. The van der Waals surface area contributed by atoms with Gasteiger partial charge < -0.3 is 4.74 Å². The highest BCUT2D eigenvalue weighted by atomic mass is 79.9. The second-order valence-electron chi connectivity index (χ2n) is 8.78. The lowest BCUT2D eigenvalue weighted by atomic mass is 9.81. The highest BCUT2D eigenvalue weighted by Gasteiger charge is 2.67. The molecule has 0 aromatic heterocycles. The first-order chi connectivity index (χ1) is 14.6. The number of halogens is 3. The van der Waals surface area contributed by atoms with Crippen LogP contribution < -0.4 is 0 Å². The Labute approximate surface area is 205 Å². The SMILES string of the molecule is CC(C)[C@H](C(=O)OCC(=O)c1ccc(Br)cc1)N1C(=O)[C@@H]2[C@H]3C[C@@H]([C@H](Br)[C@H]3Br)[C@@H]2C1=O. The number of imide groups is 1. The monoisotopic (exact) mass is 617 g/mol. The van der Waals surface area contributed by atoms with Crippen molar-refractivity contribution in [2.75, 3.05) is 6.61 Å². The molecule has 3 aliphatic rings. The highest BCUT2D eigenvalue weighted by Crippen LogP contribution is 2.60. The van der Waals surface area contributed by atoms with Crippen LogP contribution in [0, 0.1) is 29.6 Å². The summed E-state index contributed by atoms with van der Waals surface area (Å²) in [6.45, 7) is 3.10. The molecule has 1 heterocycles. The topological polar surface area (TPSA) is 80.8 Å². The first-order valence-corrected chi connectivity index (χ1v) is 12.9. The predicted molar refractivity (Wildman–Crippen MR) is 124 cm³/mol. The number of carbonyl (C=O) groups is 4. The number of rotatable bonds is 6. The van der Waals surface area contributed by atoms with Gasteiger partial charge in [0.1, 0.15) is 6.04 Å². The Balaban J connectivity index is 1.49. The quantitative estimate of drug-likeness (QED) is 0.208. The fourth-order valence-electron chi connectivity index (χ4n) is 5.26. The lowest BCUT2D eigenvalue weighted by molar-refractivity contribution is -0.160. The van der Waals surface area contributed by atoms with Crippen LogP contribution in [-0.4, -0.2) is 50.8 Å². The van der Waals surface area contributed by atoms with Crippen molar-refractivity contribution in [2.45, 2.75) is 36.0 Å². The van der Waals surface area contributed by atoms with Gasteiger partial charge in [-0.3, -0.25) is 19.3 Å². The summed E-state index contributed by atoms with van der Waals surface area (Å²) < 4.78 is 6.13. The lowest BCUT2D eigenvalue weighted by Crippen LogP contribution is -2.50. The van der Waals surface area contributed by atoms with Crippen LogP contribution in [0.15, 0.2) is 28.7 Å². The van der Waals surface area contributed by atoms with E-state index in [2.05, 4.69) is 47.8 Å². The number of esters is 1. The number of likely N-dealkylation sites (tertiary alicyclic amines) is 1. The maximum atomic E-state index is 13.3. The lowest BCUT2D eigenvalue weighted by Gasteiger charge is -2.28. The molecule has 9 heteroatoms. The first-order valence-electron chi connectivity index (χ1n) is 10.2. The number of hydrogen-bond acceptors (Lipinski definition) is 5. The minimum atomic E-state index is -1.04. The van der Waals surface area contributed by atoms with E-state index < -0.39 is 30.5 Å².